The third kappa shape index (κ3) is 10.8. The lowest BCUT2D eigenvalue weighted by Crippen LogP contribution is -2.67. The second-order valence-corrected chi connectivity index (χ2v) is 18.3. The third-order valence-electron chi connectivity index (χ3n) is 14.0. The van der Waals surface area contributed by atoms with Gasteiger partial charge in [0.05, 0.1) is 48.4 Å². The van der Waals surface area contributed by atoms with E-state index in [0.717, 1.165) is 10.5 Å². The number of fused-ring (bicyclic) bond motifs is 3. The highest BCUT2D eigenvalue weighted by Gasteiger charge is 2.61. The standard InChI is InChI=1S/C46H71NO12/c1-10-13-31-19-25(2)18-26(3)20-37(58-8)40-38(59-9)22-28(5)46(56,43(40)53)44(54)45(55)47-17-12-11-14-32(47)41(51)42(52)39(29(6)34(49)24-35(31)50)27(4)21-30-15-16-33(48)36(23-30)57-7/h19,21,26,28-34,36-40,48-49,56H,10-18,20,22-24H2,1-9H3. The number of hydrogen-bond donors (Lipinski definition) is 3. The molecule has 0 aromatic carbocycles. The predicted octanol–water partition coefficient (Wildman–Crippen LogP) is 4.55. The number of allylic oxidation sites excluding steroid dienone is 4. The van der Waals surface area contributed by atoms with Gasteiger partial charge in [0.15, 0.2) is 11.4 Å². The molecule has 14 unspecified atom stereocenters. The van der Waals surface area contributed by atoms with Crippen molar-refractivity contribution < 1.29 is 58.3 Å². The topological polar surface area (TPSA) is 194 Å². The van der Waals surface area contributed by atoms with E-state index in [0.29, 0.717) is 63.4 Å². The number of carbonyl (C=O) groups is 6. The van der Waals surface area contributed by atoms with Gasteiger partial charge in [-0.25, -0.2) is 0 Å². The molecule has 0 spiro atoms. The van der Waals surface area contributed by atoms with Gasteiger partial charge in [-0.05, 0) is 95.8 Å². The van der Waals surface area contributed by atoms with E-state index in [4.69, 9.17) is 14.2 Å². The molecule has 2 aliphatic heterocycles. The lowest BCUT2D eigenvalue weighted by Gasteiger charge is -2.45. The number of ether oxygens (including phenoxy) is 3. The monoisotopic (exact) mass is 829 g/mol. The Morgan fingerprint density at radius 3 is 2.12 bits per heavy atom. The highest BCUT2D eigenvalue weighted by Crippen LogP contribution is 2.41. The van der Waals surface area contributed by atoms with Crippen LogP contribution in [-0.2, 0) is 43.0 Å². The number of aliphatic hydroxyl groups excluding tert-OH is 2. The molecule has 1 amide bonds. The summed E-state index contributed by atoms with van der Waals surface area (Å²) in [5, 5.41) is 34.4. The van der Waals surface area contributed by atoms with Crippen molar-refractivity contribution in [2.75, 3.05) is 27.9 Å². The molecule has 2 bridgehead atoms. The zero-order valence-electron chi connectivity index (χ0n) is 36.8. The number of aliphatic hydroxyl groups is 3. The summed E-state index contributed by atoms with van der Waals surface area (Å²) < 4.78 is 17.2. The van der Waals surface area contributed by atoms with Gasteiger partial charge in [0, 0.05) is 46.1 Å². The molecule has 4 rings (SSSR count). The van der Waals surface area contributed by atoms with E-state index in [1.807, 2.05) is 32.9 Å². The van der Waals surface area contributed by atoms with Gasteiger partial charge < -0.3 is 34.4 Å². The van der Waals surface area contributed by atoms with Crippen LogP contribution >= 0.6 is 0 Å². The number of ketones is 5. The summed E-state index contributed by atoms with van der Waals surface area (Å²) in [7, 11) is 4.43. The summed E-state index contributed by atoms with van der Waals surface area (Å²) >= 11 is 0. The van der Waals surface area contributed by atoms with E-state index in [1.165, 1.54) is 28.3 Å². The number of amides is 1. The van der Waals surface area contributed by atoms with Crippen molar-refractivity contribution in [2.24, 2.45) is 41.4 Å². The van der Waals surface area contributed by atoms with Crippen molar-refractivity contribution in [3.8, 4) is 0 Å². The van der Waals surface area contributed by atoms with Crippen LogP contribution in [0, 0.1) is 41.4 Å². The highest BCUT2D eigenvalue weighted by molar-refractivity contribution is 6.46. The molecule has 332 valence electrons. The molecular formula is C46H71NO12. The number of carbonyl (C=O) groups excluding carboxylic acids is 6. The van der Waals surface area contributed by atoms with Gasteiger partial charge in [-0.1, -0.05) is 57.4 Å². The number of piperidine rings is 1. The lowest BCUT2D eigenvalue weighted by molar-refractivity contribution is -0.183. The van der Waals surface area contributed by atoms with Gasteiger partial charge in [-0.3, -0.25) is 28.8 Å². The van der Waals surface area contributed by atoms with E-state index >= 15 is 0 Å². The molecule has 0 aromatic heterocycles. The minimum atomic E-state index is -2.73. The molecule has 13 nitrogen and oxygen atoms in total. The summed E-state index contributed by atoms with van der Waals surface area (Å²) in [5.41, 5.74) is -1.29. The van der Waals surface area contributed by atoms with Crippen LogP contribution < -0.4 is 0 Å². The van der Waals surface area contributed by atoms with Crippen LogP contribution in [-0.4, -0.2) is 125 Å². The molecule has 4 aliphatic rings. The Morgan fingerprint density at radius 2 is 1.49 bits per heavy atom. The van der Waals surface area contributed by atoms with Crippen molar-refractivity contribution in [3.05, 3.63) is 23.3 Å². The van der Waals surface area contributed by atoms with Gasteiger partial charge in [0.2, 0.25) is 11.6 Å². The number of rotatable bonds is 7. The molecule has 2 heterocycles. The quantitative estimate of drug-likeness (QED) is 0.185. The first-order valence-electron chi connectivity index (χ1n) is 21.9. The normalized spacial score (nSPS) is 39.4. The van der Waals surface area contributed by atoms with E-state index in [2.05, 4.69) is 0 Å². The second-order valence-electron chi connectivity index (χ2n) is 18.3. The van der Waals surface area contributed by atoms with Crippen LogP contribution in [0.3, 0.4) is 0 Å². The first-order chi connectivity index (χ1) is 27.8. The largest absolute Gasteiger partial charge is 0.392 e. The fourth-order valence-corrected chi connectivity index (χ4v) is 10.5. The Bertz CT molecular complexity index is 1610. The Morgan fingerprint density at radius 1 is 0.847 bits per heavy atom. The molecular weight excluding hydrogens is 759 g/mol. The third-order valence-corrected chi connectivity index (χ3v) is 14.0. The van der Waals surface area contributed by atoms with Crippen LogP contribution in [0.4, 0.5) is 0 Å². The molecule has 59 heavy (non-hydrogen) atoms. The molecule has 2 aliphatic carbocycles. The van der Waals surface area contributed by atoms with Gasteiger partial charge >= 0.3 is 0 Å². The SMILES string of the molecule is CCCC1C=C(C)CC(C)CC(OC)C2C(=O)C(O)(C(=O)C(=O)N3CCCCC3C(=O)C(=O)C(C(C)=CC3CCC(O)C(OC)C3)C(C)C(O)CC1=O)C(C)CC2OC. The predicted molar refractivity (Wildman–Crippen MR) is 220 cm³/mol. The molecule has 13 heteroatoms. The van der Waals surface area contributed by atoms with Crippen LogP contribution in [0.5, 0.6) is 0 Å². The van der Waals surface area contributed by atoms with Crippen LogP contribution in [0.15, 0.2) is 23.3 Å². The maximum absolute atomic E-state index is 14.7. The van der Waals surface area contributed by atoms with E-state index < -0.39 is 101 Å². The number of methoxy groups -OCH3 is 3. The van der Waals surface area contributed by atoms with Crippen LogP contribution in [0.25, 0.3) is 0 Å². The van der Waals surface area contributed by atoms with Gasteiger partial charge in [-0.15, -0.1) is 0 Å². The zero-order chi connectivity index (χ0) is 43.9. The smallest absolute Gasteiger partial charge is 0.294 e. The van der Waals surface area contributed by atoms with E-state index in [9.17, 15) is 44.1 Å². The summed E-state index contributed by atoms with van der Waals surface area (Å²) in [6.07, 6.45) is 4.49. The van der Waals surface area contributed by atoms with E-state index in [1.54, 1.807) is 13.8 Å². The summed E-state index contributed by atoms with van der Waals surface area (Å²) in [5.74, 6) is -10.3. The van der Waals surface area contributed by atoms with E-state index in [-0.39, 0.29) is 43.4 Å². The molecule has 0 radical (unpaired) electrons. The van der Waals surface area contributed by atoms with Crippen molar-refractivity contribution >= 4 is 34.8 Å². The van der Waals surface area contributed by atoms with Gasteiger partial charge in [-0.2, -0.15) is 0 Å². The van der Waals surface area contributed by atoms with Gasteiger partial charge in [0.25, 0.3) is 11.7 Å². The fourth-order valence-electron chi connectivity index (χ4n) is 10.5. The number of Topliss-reactive ketones (excluding diaryl/α,β-unsaturated/α-hetero) is 5. The Hall–Kier alpha value is -2.94. The fraction of sp³-hybridized carbons (Fsp3) is 0.783. The van der Waals surface area contributed by atoms with Crippen molar-refractivity contribution in [3.63, 3.8) is 0 Å². The molecule has 0 aromatic rings. The minimum absolute atomic E-state index is 0.0462. The Kier molecular flexibility index (Phi) is 17.5. The van der Waals surface area contributed by atoms with Crippen molar-refractivity contribution in [2.45, 2.75) is 161 Å². The average Bonchev–Trinajstić information content (AvgIpc) is 3.21. The van der Waals surface area contributed by atoms with Crippen LogP contribution in [0.2, 0.25) is 0 Å². The maximum Gasteiger partial charge on any atom is 0.294 e. The first-order valence-corrected chi connectivity index (χ1v) is 21.9. The van der Waals surface area contributed by atoms with Crippen molar-refractivity contribution in [1.29, 1.82) is 0 Å². The van der Waals surface area contributed by atoms with Gasteiger partial charge in [0.1, 0.15) is 5.78 Å². The maximum atomic E-state index is 14.7. The minimum Gasteiger partial charge on any atom is -0.392 e. The molecule has 14 atom stereocenters. The average molecular weight is 830 g/mol. The Labute approximate surface area is 350 Å². The Balaban J connectivity index is 1.84. The molecule has 3 fully saturated rings. The number of nitrogens with zero attached hydrogens (tertiary/aromatic N) is 1. The second kappa shape index (κ2) is 21.2. The van der Waals surface area contributed by atoms with Crippen LogP contribution in [0.1, 0.15) is 119 Å². The number of hydrogen-bond acceptors (Lipinski definition) is 12. The van der Waals surface area contributed by atoms with Crippen molar-refractivity contribution in [1.82, 2.24) is 4.90 Å². The highest BCUT2D eigenvalue weighted by atomic mass is 16.5. The first kappa shape index (κ1) is 48.7. The molecule has 3 N–H and O–H groups in total. The molecule has 1 saturated heterocycles. The lowest BCUT2D eigenvalue weighted by atomic mass is 9.64. The molecule has 2 saturated carbocycles. The summed E-state index contributed by atoms with van der Waals surface area (Å²) in [4.78, 5) is 87.6. The summed E-state index contributed by atoms with van der Waals surface area (Å²) in [6, 6.07) is -1.35. The summed E-state index contributed by atoms with van der Waals surface area (Å²) in [6.45, 7) is 10.7. The zero-order valence-corrected chi connectivity index (χ0v) is 36.8.